The van der Waals surface area contributed by atoms with Gasteiger partial charge in [-0.3, -0.25) is 9.59 Å². The summed E-state index contributed by atoms with van der Waals surface area (Å²) in [6.07, 6.45) is 1.85. The van der Waals surface area contributed by atoms with Gasteiger partial charge in [0.1, 0.15) is 5.75 Å². The molecular formula is C26H25NO3. The van der Waals surface area contributed by atoms with Crippen molar-refractivity contribution in [1.29, 1.82) is 0 Å². The molecule has 152 valence electrons. The Morgan fingerprint density at radius 3 is 2.33 bits per heavy atom. The summed E-state index contributed by atoms with van der Waals surface area (Å²) in [6, 6.07) is 25.7. The number of para-hydroxylation sites is 1. The minimum absolute atomic E-state index is 0.0314. The first-order chi connectivity index (χ1) is 14.6. The van der Waals surface area contributed by atoms with E-state index in [1.165, 1.54) is 5.56 Å². The largest absolute Gasteiger partial charge is 0.426 e. The Kier molecular flexibility index (Phi) is 5.94. The van der Waals surface area contributed by atoms with Crippen molar-refractivity contribution in [3.05, 3.63) is 95.6 Å². The van der Waals surface area contributed by atoms with E-state index >= 15 is 0 Å². The zero-order valence-electron chi connectivity index (χ0n) is 17.1. The SMILES string of the molecule is CCc1ccccc1N1C[C@H](C(=O)Oc2ccc(Cc3ccccc3)cc2)CC1=O. The van der Waals surface area contributed by atoms with Crippen LogP contribution in [0.1, 0.15) is 30.0 Å². The number of hydrogen-bond acceptors (Lipinski definition) is 3. The van der Waals surface area contributed by atoms with E-state index in [4.69, 9.17) is 4.74 Å². The minimum atomic E-state index is -0.452. The van der Waals surface area contributed by atoms with Gasteiger partial charge in [-0.2, -0.15) is 0 Å². The van der Waals surface area contributed by atoms with E-state index in [0.717, 1.165) is 29.7 Å². The molecule has 4 rings (SSSR count). The second-order valence-corrected chi connectivity index (χ2v) is 7.62. The average Bonchev–Trinajstić information content (AvgIpc) is 3.17. The van der Waals surface area contributed by atoms with E-state index in [1.807, 2.05) is 66.7 Å². The van der Waals surface area contributed by atoms with Gasteiger partial charge >= 0.3 is 5.97 Å². The average molecular weight is 399 g/mol. The summed E-state index contributed by atoms with van der Waals surface area (Å²) in [7, 11) is 0. The van der Waals surface area contributed by atoms with Crippen molar-refractivity contribution in [1.82, 2.24) is 0 Å². The third-order valence-corrected chi connectivity index (χ3v) is 5.51. The fourth-order valence-electron chi connectivity index (χ4n) is 3.88. The van der Waals surface area contributed by atoms with Crippen LogP contribution >= 0.6 is 0 Å². The first-order valence-corrected chi connectivity index (χ1v) is 10.4. The van der Waals surface area contributed by atoms with Crippen LogP contribution in [-0.4, -0.2) is 18.4 Å². The van der Waals surface area contributed by atoms with Crippen molar-refractivity contribution in [3.63, 3.8) is 0 Å². The van der Waals surface area contributed by atoms with Gasteiger partial charge in [0.05, 0.1) is 5.92 Å². The topological polar surface area (TPSA) is 46.6 Å². The predicted octanol–water partition coefficient (Wildman–Crippen LogP) is 4.80. The number of benzene rings is 3. The molecule has 0 aromatic heterocycles. The number of aryl methyl sites for hydroxylation is 1. The number of amides is 1. The Labute approximate surface area is 177 Å². The van der Waals surface area contributed by atoms with Gasteiger partial charge in [-0.15, -0.1) is 0 Å². The van der Waals surface area contributed by atoms with Crippen molar-refractivity contribution < 1.29 is 14.3 Å². The molecule has 1 atom stereocenters. The van der Waals surface area contributed by atoms with Crippen molar-refractivity contribution >= 4 is 17.6 Å². The van der Waals surface area contributed by atoms with Crippen molar-refractivity contribution in [2.24, 2.45) is 5.92 Å². The summed E-state index contributed by atoms with van der Waals surface area (Å²) in [4.78, 5) is 26.9. The number of rotatable bonds is 6. The number of carbonyl (C=O) groups is 2. The molecule has 0 spiro atoms. The monoisotopic (exact) mass is 399 g/mol. The summed E-state index contributed by atoms with van der Waals surface area (Å²) in [5, 5.41) is 0. The summed E-state index contributed by atoms with van der Waals surface area (Å²) in [5.41, 5.74) is 4.39. The number of carbonyl (C=O) groups excluding carboxylic acids is 2. The molecule has 0 N–H and O–H groups in total. The van der Waals surface area contributed by atoms with Crippen molar-refractivity contribution in [2.75, 3.05) is 11.4 Å². The summed E-state index contributed by atoms with van der Waals surface area (Å²) < 4.78 is 5.57. The molecule has 3 aromatic rings. The number of hydrogen-bond donors (Lipinski definition) is 0. The highest BCUT2D eigenvalue weighted by molar-refractivity contribution is 6.00. The molecule has 0 bridgehead atoms. The van der Waals surface area contributed by atoms with Gasteiger partial charge in [0.25, 0.3) is 0 Å². The molecule has 0 saturated carbocycles. The molecule has 1 fully saturated rings. The molecule has 1 amide bonds. The van der Waals surface area contributed by atoms with Crippen molar-refractivity contribution in [2.45, 2.75) is 26.2 Å². The van der Waals surface area contributed by atoms with Crippen LogP contribution in [0.2, 0.25) is 0 Å². The van der Waals surface area contributed by atoms with Gasteiger partial charge in [-0.05, 0) is 47.7 Å². The van der Waals surface area contributed by atoms with Crippen LogP contribution in [-0.2, 0) is 22.4 Å². The van der Waals surface area contributed by atoms with Crippen molar-refractivity contribution in [3.8, 4) is 5.75 Å². The van der Waals surface area contributed by atoms with Gasteiger partial charge in [0.15, 0.2) is 0 Å². The van der Waals surface area contributed by atoms with Crippen LogP contribution < -0.4 is 9.64 Å². The second kappa shape index (κ2) is 8.95. The van der Waals surface area contributed by atoms with E-state index < -0.39 is 5.92 Å². The number of esters is 1. The van der Waals surface area contributed by atoms with E-state index in [1.54, 1.807) is 4.90 Å². The molecule has 0 radical (unpaired) electrons. The lowest BCUT2D eigenvalue weighted by Gasteiger charge is -2.19. The maximum Gasteiger partial charge on any atom is 0.316 e. The molecule has 1 aliphatic rings. The lowest BCUT2D eigenvalue weighted by Crippen LogP contribution is -2.28. The Hall–Kier alpha value is -3.40. The van der Waals surface area contributed by atoms with Crippen LogP contribution in [0, 0.1) is 5.92 Å². The Balaban J connectivity index is 1.39. The molecule has 1 aliphatic heterocycles. The maximum atomic E-state index is 12.7. The second-order valence-electron chi connectivity index (χ2n) is 7.62. The molecular weight excluding hydrogens is 374 g/mol. The molecule has 4 heteroatoms. The highest BCUT2D eigenvalue weighted by atomic mass is 16.5. The Bertz CT molecular complexity index is 1030. The molecule has 0 aliphatic carbocycles. The first kappa shape index (κ1) is 19.9. The fourth-order valence-corrected chi connectivity index (χ4v) is 3.88. The van der Waals surface area contributed by atoms with Crippen LogP contribution in [0.25, 0.3) is 0 Å². The lowest BCUT2D eigenvalue weighted by atomic mass is 10.1. The molecule has 1 saturated heterocycles. The first-order valence-electron chi connectivity index (χ1n) is 10.4. The van der Waals surface area contributed by atoms with E-state index in [9.17, 15) is 9.59 Å². The third kappa shape index (κ3) is 4.43. The summed E-state index contributed by atoms with van der Waals surface area (Å²) >= 11 is 0. The standard InChI is InChI=1S/C26H25NO3/c1-2-21-10-6-7-11-24(21)27-18-22(17-25(27)28)26(29)30-23-14-12-20(13-15-23)16-19-8-4-3-5-9-19/h3-15,22H,2,16-18H2,1H3/t22-/m1/s1. The number of nitrogens with zero attached hydrogens (tertiary/aromatic N) is 1. The highest BCUT2D eigenvalue weighted by Gasteiger charge is 2.37. The molecule has 0 unspecified atom stereocenters. The normalized spacial score (nSPS) is 16.0. The smallest absolute Gasteiger partial charge is 0.316 e. The van der Waals surface area contributed by atoms with Gasteiger partial charge < -0.3 is 9.64 Å². The van der Waals surface area contributed by atoms with Crippen LogP contribution in [0.5, 0.6) is 5.75 Å². The highest BCUT2D eigenvalue weighted by Crippen LogP contribution is 2.29. The molecule has 1 heterocycles. The molecule has 30 heavy (non-hydrogen) atoms. The van der Waals surface area contributed by atoms with Gasteiger partial charge in [0.2, 0.25) is 5.91 Å². The van der Waals surface area contributed by atoms with Gasteiger partial charge in [0, 0.05) is 18.7 Å². The number of ether oxygens (including phenoxy) is 1. The van der Waals surface area contributed by atoms with E-state index in [2.05, 4.69) is 19.1 Å². The van der Waals surface area contributed by atoms with Crippen LogP contribution in [0.15, 0.2) is 78.9 Å². The van der Waals surface area contributed by atoms with Gasteiger partial charge in [-0.1, -0.05) is 67.6 Å². The Morgan fingerprint density at radius 2 is 1.60 bits per heavy atom. The van der Waals surface area contributed by atoms with Gasteiger partial charge in [-0.25, -0.2) is 0 Å². The quantitative estimate of drug-likeness (QED) is 0.442. The third-order valence-electron chi connectivity index (χ3n) is 5.51. The maximum absolute atomic E-state index is 12.7. The summed E-state index contributed by atoms with van der Waals surface area (Å²) in [5.74, 6) is -0.324. The molecule has 4 nitrogen and oxygen atoms in total. The fraction of sp³-hybridized carbons (Fsp3) is 0.231. The minimum Gasteiger partial charge on any atom is -0.426 e. The lowest BCUT2D eigenvalue weighted by molar-refractivity contribution is -0.139. The van der Waals surface area contributed by atoms with Crippen LogP contribution in [0.4, 0.5) is 5.69 Å². The summed E-state index contributed by atoms with van der Waals surface area (Å²) in [6.45, 7) is 2.42. The zero-order chi connectivity index (χ0) is 20.9. The zero-order valence-corrected chi connectivity index (χ0v) is 17.1. The molecule has 3 aromatic carbocycles. The van der Waals surface area contributed by atoms with E-state index in [-0.39, 0.29) is 18.3 Å². The van der Waals surface area contributed by atoms with Crippen LogP contribution in [0.3, 0.4) is 0 Å². The van der Waals surface area contributed by atoms with E-state index in [0.29, 0.717) is 12.3 Å². The predicted molar refractivity (Wildman–Crippen MR) is 118 cm³/mol. The number of anilines is 1. The Morgan fingerprint density at radius 1 is 0.933 bits per heavy atom.